The number of aryl methyl sites for hydroxylation is 1. The zero-order valence-corrected chi connectivity index (χ0v) is 14.2. The van der Waals surface area contributed by atoms with Gasteiger partial charge in [-0.1, -0.05) is 11.6 Å². The van der Waals surface area contributed by atoms with Crippen LogP contribution in [0.5, 0.6) is 5.75 Å². The van der Waals surface area contributed by atoms with Gasteiger partial charge in [0, 0.05) is 10.7 Å². The highest BCUT2D eigenvalue weighted by Crippen LogP contribution is 2.21. The van der Waals surface area contributed by atoms with Crippen LogP contribution in [0.3, 0.4) is 0 Å². The molecule has 2 aromatic carbocycles. The van der Waals surface area contributed by atoms with Crippen LogP contribution in [-0.4, -0.2) is 25.1 Å². The predicted molar refractivity (Wildman–Crippen MR) is 92.7 cm³/mol. The average Bonchev–Trinajstić information content (AvgIpc) is 2.55. The zero-order chi connectivity index (χ0) is 17.5. The third-order valence-electron chi connectivity index (χ3n) is 3.18. The summed E-state index contributed by atoms with van der Waals surface area (Å²) in [5.41, 5.74) is 1.86. The molecular formula is C18H18ClNO4. The summed E-state index contributed by atoms with van der Waals surface area (Å²) in [6.07, 6.45) is 0. The summed E-state index contributed by atoms with van der Waals surface area (Å²) in [7, 11) is 0. The topological polar surface area (TPSA) is 64.6 Å². The molecule has 2 aromatic rings. The van der Waals surface area contributed by atoms with Gasteiger partial charge in [-0.2, -0.15) is 0 Å². The van der Waals surface area contributed by atoms with E-state index >= 15 is 0 Å². The first-order chi connectivity index (χ1) is 11.5. The van der Waals surface area contributed by atoms with E-state index < -0.39 is 5.97 Å². The summed E-state index contributed by atoms with van der Waals surface area (Å²) >= 11 is 5.87. The van der Waals surface area contributed by atoms with E-state index in [1.807, 2.05) is 6.92 Å². The summed E-state index contributed by atoms with van der Waals surface area (Å²) in [6.45, 7) is 3.79. The number of ether oxygens (including phenoxy) is 2. The number of esters is 1. The third kappa shape index (κ3) is 4.99. The minimum Gasteiger partial charge on any atom is -0.483 e. The van der Waals surface area contributed by atoms with Gasteiger partial charge in [0.2, 0.25) is 0 Å². The lowest BCUT2D eigenvalue weighted by Gasteiger charge is -2.10. The van der Waals surface area contributed by atoms with E-state index in [1.54, 1.807) is 49.4 Å². The fraction of sp³-hybridized carbons (Fsp3) is 0.222. The Morgan fingerprint density at radius 2 is 1.83 bits per heavy atom. The number of carbonyl (C=O) groups excluding carboxylic acids is 2. The molecule has 0 heterocycles. The number of anilines is 1. The van der Waals surface area contributed by atoms with E-state index in [0.29, 0.717) is 28.6 Å². The fourth-order valence-corrected chi connectivity index (χ4v) is 2.25. The zero-order valence-electron chi connectivity index (χ0n) is 13.5. The van der Waals surface area contributed by atoms with Crippen LogP contribution in [0.4, 0.5) is 5.69 Å². The molecule has 5 nitrogen and oxygen atoms in total. The van der Waals surface area contributed by atoms with Crippen molar-refractivity contribution in [2.24, 2.45) is 0 Å². The normalized spacial score (nSPS) is 10.1. The predicted octanol–water partition coefficient (Wildman–Crippen LogP) is 3.84. The van der Waals surface area contributed by atoms with Crippen molar-refractivity contribution < 1.29 is 19.1 Å². The van der Waals surface area contributed by atoms with Crippen molar-refractivity contribution in [1.29, 1.82) is 0 Å². The summed E-state index contributed by atoms with van der Waals surface area (Å²) in [4.78, 5) is 23.5. The van der Waals surface area contributed by atoms with E-state index in [2.05, 4.69) is 5.32 Å². The number of nitrogens with one attached hydrogen (secondary N) is 1. The van der Waals surface area contributed by atoms with Crippen molar-refractivity contribution in [2.45, 2.75) is 13.8 Å². The van der Waals surface area contributed by atoms with Gasteiger partial charge in [0.05, 0.1) is 12.2 Å². The molecule has 0 fully saturated rings. The minimum atomic E-state index is -0.392. The number of rotatable bonds is 6. The number of benzene rings is 2. The molecule has 0 radical (unpaired) electrons. The molecule has 0 aliphatic heterocycles. The molecule has 0 unspecified atom stereocenters. The molecule has 1 amide bonds. The summed E-state index contributed by atoms with van der Waals surface area (Å²) in [6, 6.07) is 11.7. The highest BCUT2D eigenvalue weighted by molar-refractivity contribution is 6.30. The molecule has 0 aliphatic rings. The molecule has 0 aromatic heterocycles. The van der Waals surface area contributed by atoms with Crippen LogP contribution in [0.25, 0.3) is 0 Å². The Kier molecular flexibility index (Phi) is 6.21. The van der Waals surface area contributed by atoms with Crippen LogP contribution in [0.15, 0.2) is 42.5 Å². The maximum Gasteiger partial charge on any atom is 0.338 e. The van der Waals surface area contributed by atoms with Crippen molar-refractivity contribution in [1.82, 2.24) is 0 Å². The lowest BCUT2D eigenvalue weighted by molar-refractivity contribution is -0.118. The molecule has 0 aliphatic carbocycles. The quantitative estimate of drug-likeness (QED) is 0.806. The first-order valence-electron chi connectivity index (χ1n) is 7.45. The van der Waals surface area contributed by atoms with Crippen molar-refractivity contribution in [2.75, 3.05) is 18.5 Å². The van der Waals surface area contributed by atoms with Gasteiger partial charge < -0.3 is 14.8 Å². The van der Waals surface area contributed by atoms with Gasteiger partial charge in [-0.25, -0.2) is 4.79 Å². The van der Waals surface area contributed by atoms with Crippen molar-refractivity contribution in [3.8, 4) is 5.75 Å². The maximum atomic E-state index is 11.9. The second-order valence-electron chi connectivity index (χ2n) is 5.04. The molecule has 1 N–H and O–H groups in total. The Morgan fingerprint density at radius 1 is 1.12 bits per heavy atom. The number of halogens is 1. The average molecular weight is 348 g/mol. The van der Waals surface area contributed by atoms with E-state index in [1.165, 1.54) is 0 Å². The summed E-state index contributed by atoms with van der Waals surface area (Å²) in [5, 5.41) is 3.32. The van der Waals surface area contributed by atoms with Gasteiger partial charge >= 0.3 is 5.97 Å². The van der Waals surface area contributed by atoms with Crippen LogP contribution in [0.1, 0.15) is 22.8 Å². The molecule has 24 heavy (non-hydrogen) atoms. The molecule has 0 bridgehead atoms. The molecule has 0 saturated heterocycles. The Bertz CT molecular complexity index is 728. The van der Waals surface area contributed by atoms with Crippen LogP contribution in [0.2, 0.25) is 5.02 Å². The SMILES string of the molecule is CCOC(=O)c1ccc(NC(=O)COc2ccc(Cl)cc2C)cc1. The van der Waals surface area contributed by atoms with Crippen LogP contribution in [0, 0.1) is 6.92 Å². The number of hydrogen-bond acceptors (Lipinski definition) is 4. The number of amides is 1. The minimum absolute atomic E-state index is 0.123. The third-order valence-corrected chi connectivity index (χ3v) is 3.41. The smallest absolute Gasteiger partial charge is 0.338 e. The maximum absolute atomic E-state index is 11.9. The Labute approximate surface area is 145 Å². The van der Waals surface area contributed by atoms with Crippen molar-refractivity contribution in [3.05, 3.63) is 58.6 Å². The lowest BCUT2D eigenvalue weighted by atomic mass is 10.2. The van der Waals surface area contributed by atoms with Gasteiger partial charge in [-0.15, -0.1) is 0 Å². The monoisotopic (exact) mass is 347 g/mol. The summed E-state index contributed by atoms with van der Waals surface area (Å²) < 4.78 is 10.4. The molecule has 0 saturated carbocycles. The van der Waals surface area contributed by atoms with E-state index in [-0.39, 0.29) is 12.5 Å². The Morgan fingerprint density at radius 3 is 2.46 bits per heavy atom. The van der Waals surface area contributed by atoms with E-state index in [4.69, 9.17) is 21.1 Å². The van der Waals surface area contributed by atoms with Gasteiger partial charge in [0.15, 0.2) is 6.61 Å². The number of carbonyl (C=O) groups is 2. The van der Waals surface area contributed by atoms with Gasteiger partial charge in [-0.05, 0) is 61.9 Å². The van der Waals surface area contributed by atoms with E-state index in [9.17, 15) is 9.59 Å². The second kappa shape index (κ2) is 8.36. The van der Waals surface area contributed by atoms with Crippen molar-refractivity contribution >= 4 is 29.2 Å². The molecule has 0 spiro atoms. The largest absolute Gasteiger partial charge is 0.483 e. The highest BCUT2D eigenvalue weighted by Gasteiger charge is 2.08. The van der Waals surface area contributed by atoms with E-state index in [0.717, 1.165) is 5.56 Å². The summed E-state index contributed by atoms with van der Waals surface area (Å²) in [5.74, 6) is -0.0858. The van der Waals surface area contributed by atoms with Crippen LogP contribution in [-0.2, 0) is 9.53 Å². The number of hydrogen-bond donors (Lipinski definition) is 1. The molecule has 0 atom stereocenters. The van der Waals surface area contributed by atoms with Crippen molar-refractivity contribution in [3.63, 3.8) is 0 Å². The highest BCUT2D eigenvalue weighted by atomic mass is 35.5. The first-order valence-corrected chi connectivity index (χ1v) is 7.83. The van der Waals surface area contributed by atoms with Gasteiger partial charge in [0.1, 0.15) is 5.75 Å². The second-order valence-corrected chi connectivity index (χ2v) is 5.48. The molecular weight excluding hydrogens is 330 g/mol. The first kappa shape index (κ1) is 17.8. The standard InChI is InChI=1S/C18H18ClNO4/c1-3-23-18(22)13-4-7-15(8-5-13)20-17(21)11-24-16-9-6-14(19)10-12(16)2/h4-10H,3,11H2,1-2H3,(H,20,21). The van der Waals surface area contributed by atoms with Crippen LogP contribution < -0.4 is 10.1 Å². The Balaban J connectivity index is 1.89. The molecule has 6 heteroatoms. The molecule has 126 valence electrons. The van der Waals surface area contributed by atoms with Crippen LogP contribution >= 0.6 is 11.6 Å². The lowest BCUT2D eigenvalue weighted by Crippen LogP contribution is -2.20. The fourth-order valence-electron chi connectivity index (χ4n) is 2.02. The Hall–Kier alpha value is -2.53. The van der Waals surface area contributed by atoms with Gasteiger partial charge in [-0.3, -0.25) is 4.79 Å². The van der Waals surface area contributed by atoms with Gasteiger partial charge in [0.25, 0.3) is 5.91 Å². The molecule has 2 rings (SSSR count).